The van der Waals surface area contributed by atoms with Crippen molar-refractivity contribution >= 4 is 0 Å². The highest BCUT2D eigenvalue weighted by Crippen LogP contribution is 2.24. The van der Waals surface area contributed by atoms with Gasteiger partial charge < -0.3 is 15.2 Å². The highest BCUT2D eigenvalue weighted by Gasteiger charge is 2.09. The van der Waals surface area contributed by atoms with Crippen molar-refractivity contribution in [1.82, 2.24) is 0 Å². The second kappa shape index (κ2) is 7.34. The summed E-state index contributed by atoms with van der Waals surface area (Å²) in [5.74, 6) is 0.834. The Bertz CT molecular complexity index is 367. The van der Waals surface area contributed by atoms with Gasteiger partial charge in [-0.05, 0) is 31.0 Å². The van der Waals surface area contributed by atoms with Crippen LogP contribution in [0.2, 0.25) is 0 Å². The third kappa shape index (κ3) is 5.02. The number of hydrogen-bond acceptors (Lipinski definition) is 3. The summed E-state index contributed by atoms with van der Waals surface area (Å²) in [6.45, 7) is 7.67. The van der Waals surface area contributed by atoms with Gasteiger partial charge >= 0.3 is 0 Å². The largest absolute Gasteiger partial charge is 0.491 e. The van der Waals surface area contributed by atoms with Crippen molar-refractivity contribution in [3.63, 3.8) is 0 Å². The van der Waals surface area contributed by atoms with Crippen LogP contribution in [0, 0.1) is 11.7 Å². The summed E-state index contributed by atoms with van der Waals surface area (Å²) in [5.41, 5.74) is 6.46. The van der Waals surface area contributed by atoms with E-state index >= 15 is 0 Å². The molecule has 0 aliphatic rings. The zero-order valence-electron chi connectivity index (χ0n) is 11.3. The van der Waals surface area contributed by atoms with Gasteiger partial charge in [0.2, 0.25) is 0 Å². The Morgan fingerprint density at radius 1 is 1.22 bits per heavy atom. The molecule has 1 aromatic carbocycles. The summed E-state index contributed by atoms with van der Waals surface area (Å²) in [6, 6.07) is 4.13. The fraction of sp³-hybridized carbons (Fsp3) is 0.571. The van der Waals surface area contributed by atoms with Crippen LogP contribution >= 0.6 is 0 Å². The van der Waals surface area contributed by atoms with Crippen molar-refractivity contribution in [3.05, 3.63) is 29.6 Å². The molecule has 0 radical (unpaired) electrons. The number of rotatable bonds is 7. The molecule has 4 heteroatoms. The SMILES string of the molecule is CC(C)COCCOc1ccc(F)cc1[C@@H](C)N. The van der Waals surface area contributed by atoms with E-state index in [9.17, 15) is 4.39 Å². The van der Waals surface area contributed by atoms with Gasteiger partial charge in [0, 0.05) is 18.2 Å². The van der Waals surface area contributed by atoms with E-state index in [4.69, 9.17) is 15.2 Å². The fourth-order valence-electron chi connectivity index (χ4n) is 1.54. The van der Waals surface area contributed by atoms with Crippen LogP contribution in [-0.2, 0) is 4.74 Å². The first-order valence-electron chi connectivity index (χ1n) is 6.26. The minimum atomic E-state index is -0.300. The minimum Gasteiger partial charge on any atom is -0.491 e. The average molecular weight is 255 g/mol. The van der Waals surface area contributed by atoms with Crippen LogP contribution in [0.3, 0.4) is 0 Å². The van der Waals surface area contributed by atoms with Crippen molar-refractivity contribution in [2.45, 2.75) is 26.8 Å². The number of benzene rings is 1. The zero-order chi connectivity index (χ0) is 13.5. The normalized spacial score (nSPS) is 12.8. The van der Waals surface area contributed by atoms with E-state index in [1.807, 2.05) is 0 Å². The molecule has 0 heterocycles. The van der Waals surface area contributed by atoms with Crippen LogP contribution in [0.1, 0.15) is 32.4 Å². The number of halogens is 1. The summed E-state index contributed by atoms with van der Waals surface area (Å²) in [7, 11) is 0. The maximum atomic E-state index is 13.1. The molecule has 1 atom stereocenters. The summed E-state index contributed by atoms with van der Waals surface area (Å²) in [6.07, 6.45) is 0. The van der Waals surface area contributed by atoms with Gasteiger partial charge in [0.1, 0.15) is 18.2 Å². The molecule has 0 aliphatic heterocycles. The van der Waals surface area contributed by atoms with Gasteiger partial charge in [0.15, 0.2) is 0 Å². The molecule has 18 heavy (non-hydrogen) atoms. The first-order chi connectivity index (χ1) is 8.50. The smallest absolute Gasteiger partial charge is 0.124 e. The lowest BCUT2D eigenvalue weighted by Crippen LogP contribution is -2.13. The van der Waals surface area contributed by atoms with Gasteiger partial charge in [-0.15, -0.1) is 0 Å². The Hall–Kier alpha value is -1.13. The van der Waals surface area contributed by atoms with E-state index in [-0.39, 0.29) is 11.9 Å². The summed E-state index contributed by atoms with van der Waals surface area (Å²) >= 11 is 0. The average Bonchev–Trinajstić information content (AvgIpc) is 2.29. The van der Waals surface area contributed by atoms with Crippen LogP contribution in [0.4, 0.5) is 4.39 Å². The van der Waals surface area contributed by atoms with Crippen LogP contribution in [-0.4, -0.2) is 19.8 Å². The van der Waals surface area contributed by atoms with Crippen LogP contribution in [0.5, 0.6) is 5.75 Å². The first kappa shape index (κ1) is 14.9. The zero-order valence-corrected chi connectivity index (χ0v) is 11.3. The molecule has 0 spiro atoms. The monoisotopic (exact) mass is 255 g/mol. The molecule has 0 saturated carbocycles. The van der Waals surface area contributed by atoms with Gasteiger partial charge in [0.25, 0.3) is 0 Å². The third-order valence-corrected chi connectivity index (χ3v) is 2.40. The topological polar surface area (TPSA) is 44.5 Å². The van der Waals surface area contributed by atoms with E-state index < -0.39 is 0 Å². The Labute approximate surface area is 108 Å². The molecule has 2 N–H and O–H groups in total. The van der Waals surface area contributed by atoms with E-state index in [2.05, 4.69) is 13.8 Å². The van der Waals surface area contributed by atoms with Gasteiger partial charge in [-0.1, -0.05) is 13.8 Å². The van der Waals surface area contributed by atoms with E-state index in [1.165, 1.54) is 12.1 Å². The van der Waals surface area contributed by atoms with Crippen molar-refractivity contribution < 1.29 is 13.9 Å². The second-order valence-electron chi connectivity index (χ2n) is 4.79. The molecule has 0 aromatic heterocycles. The number of ether oxygens (including phenoxy) is 2. The van der Waals surface area contributed by atoms with Gasteiger partial charge in [0.05, 0.1) is 6.61 Å². The van der Waals surface area contributed by atoms with Crippen LogP contribution < -0.4 is 10.5 Å². The Morgan fingerprint density at radius 3 is 2.56 bits per heavy atom. The lowest BCUT2D eigenvalue weighted by Gasteiger charge is -2.14. The molecule has 0 unspecified atom stereocenters. The third-order valence-electron chi connectivity index (χ3n) is 2.40. The molecule has 0 bridgehead atoms. The molecular formula is C14H22FNO2. The van der Waals surface area contributed by atoms with Crippen molar-refractivity contribution in [2.75, 3.05) is 19.8 Å². The van der Waals surface area contributed by atoms with Crippen molar-refractivity contribution in [1.29, 1.82) is 0 Å². The van der Waals surface area contributed by atoms with E-state index in [0.717, 1.165) is 0 Å². The predicted octanol–water partition coefficient (Wildman–Crippen LogP) is 2.90. The van der Waals surface area contributed by atoms with Gasteiger partial charge in [-0.3, -0.25) is 0 Å². The molecule has 0 amide bonds. The maximum absolute atomic E-state index is 13.1. The maximum Gasteiger partial charge on any atom is 0.124 e. The Kier molecular flexibility index (Phi) is 6.09. The lowest BCUT2D eigenvalue weighted by atomic mass is 10.1. The van der Waals surface area contributed by atoms with Gasteiger partial charge in [-0.25, -0.2) is 4.39 Å². The van der Waals surface area contributed by atoms with Crippen molar-refractivity contribution in [3.8, 4) is 5.75 Å². The van der Waals surface area contributed by atoms with Crippen molar-refractivity contribution in [2.24, 2.45) is 11.7 Å². The summed E-state index contributed by atoms with van der Waals surface area (Å²) < 4.78 is 24.1. The highest BCUT2D eigenvalue weighted by atomic mass is 19.1. The fourth-order valence-corrected chi connectivity index (χ4v) is 1.54. The highest BCUT2D eigenvalue weighted by molar-refractivity contribution is 5.36. The van der Waals surface area contributed by atoms with Crippen LogP contribution in [0.15, 0.2) is 18.2 Å². The standard InChI is InChI=1S/C14H22FNO2/c1-10(2)9-17-6-7-18-14-5-4-12(15)8-13(14)11(3)16/h4-5,8,10-11H,6-7,9,16H2,1-3H3/t11-/m1/s1. The molecule has 1 rings (SSSR count). The predicted molar refractivity (Wildman–Crippen MR) is 70.2 cm³/mol. The minimum absolute atomic E-state index is 0.257. The van der Waals surface area contributed by atoms with Gasteiger partial charge in [-0.2, -0.15) is 0 Å². The number of hydrogen-bond donors (Lipinski definition) is 1. The summed E-state index contributed by atoms with van der Waals surface area (Å²) in [4.78, 5) is 0. The first-order valence-corrected chi connectivity index (χ1v) is 6.26. The molecule has 3 nitrogen and oxygen atoms in total. The summed E-state index contributed by atoms with van der Waals surface area (Å²) in [5, 5.41) is 0. The second-order valence-corrected chi connectivity index (χ2v) is 4.79. The molecule has 0 aliphatic carbocycles. The van der Waals surface area contributed by atoms with Crippen LogP contribution in [0.25, 0.3) is 0 Å². The number of nitrogens with two attached hydrogens (primary N) is 1. The molecule has 0 fully saturated rings. The Balaban J connectivity index is 2.46. The van der Waals surface area contributed by atoms with E-state index in [0.29, 0.717) is 37.1 Å². The quantitative estimate of drug-likeness (QED) is 0.762. The molecule has 1 aromatic rings. The molecule has 0 saturated heterocycles. The lowest BCUT2D eigenvalue weighted by molar-refractivity contribution is 0.0815. The molecular weight excluding hydrogens is 233 g/mol. The van der Waals surface area contributed by atoms with E-state index in [1.54, 1.807) is 13.0 Å². The Morgan fingerprint density at radius 2 is 1.94 bits per heavy atom. The molecule has 102 valence electrons.